The first-order valence-electron chi connectivity index (χ1n) is 11.0. The van der Waals surface area contributed by atoms with Crippen LogP contribution in [0.2, 0.25) is 0 Å². The maximum absolute atomic E-state index is 13.5. The van der Waals surface area contributed by atoms with E-state index in [4.69, 9.17) is 4.74 Å². The number of carbonyl (C=O) groups is 1. The van der Waals surface area contributed by atoms with Gasteiger partial charge in [-0.3, -0.25) is 14.9 Å². The summed E-state index contributed by atoms with van der Waals surface area (Å²) in [6.07, 6.45) is 4.37. The van der Waals surface area contributed by atoms with Crippen LogP contribution in [0, 0.1) is 0 Å². The summed E-state index contributed by atoms with van der Waals surface area (Å²) in [5.74, 6) is 0.778. The number of nitrogens with one attached hydrogen (secondary N) is 1. The maximum atomic E-state index is 13.5. The number of fused-ring (bicyclic) bond motifs is 1. The fraction of sp³-hybridized carbons (Fsp3) is 0.192. The molecule has 2 aromatic carbocycles. The Morgan fingerprint density at radius 3 is 2.55 bits per heavy atom. The molecule has 0 aliphatic carbocycles. The number of ether oxygens (including phenoxy) is 1. The largest absolute Gasteiger partial charge is 0.507 e. The Balaban J connectivity index is 1.60. The van der Waals surface area contributed by atoms with Crippen LogP contribution in [-0.2, 0) is 6.54 Å². The van der Waals surface area contributed by atoms with Gasteiger partial charge in [0.05, 0.1) is 12.6 Å². The second kappa shape index (κ2) is 8.78. The topological polar surface area (TPSA) is 91.3 Å². The van der Waals surface area contributed by atoms with E-state index in [1.807, 2.05) is 47.4 Å². The number of aromatic nitrogens is 3. The number of phenols is 1. The van der Waals surface area contributed by atoms with Gasteiger partial charge in [-0.25, -0.2) is 0 Å². The van der Waals surface area contributed by atoms with Crippen molar-refractivity contribution in [2.24, 2.45) is 0 Å². The Kier molecular flexibility index (Phi) is 5.52. The zero-order valence-electron chi connectivity index (χ0n) is 18.2. The number of hydrogen-bond donors (Lipinski definition) is 2. The van der Waals surface area contributed by atoms with Crippen molar-refractivity contribution in [1.29, 1.82) is 0 Å². The smallest absolute Gasteiger partial charge is 0.273 e. The number of hydrogen-bond acceptors (Lipinski definition) is 5. The number of rotatable bonds is 7. The number of H-pyrrole nitrogens is 1. The SMILES string of the molecule is CCCOc1ccc(C2c3c(-c4ccccc4O)n[nH]c3C(=O)N2Cc2ccncc2)cc1. The molecule has 5 rings (SSSR count). The quantitative estimate of drug-likeness (QED) is 0.434. The van der Waals surface area contributed by atoms with Gasteiger partial charge < -0.3 is 14.7 Å². The number of pyridine rings is 1. The van der Waals surface area contributed by atoms with Crippen molar-refractivity contribution in [3.05, 3.63) is 95.4 Å². The van der Waals surface area contributed by atoms with Crippen LogP contribution in [0.1, 0.15) is 46.6 Å². The average molecular weight is 441 g/mol. The fourth-order valence-corrected chi connectivity index (χ4v) is 4.24. The van der Waals surface area contributed by atoms with Crippen molar-refractivity contribution in [3.63, 3.8) is 0 Å². The molecular weight excluding hydrogens is 416 g/mol. The Morgan fingerprint density at radius 1 is 1.06 bits per heavy atom. The molecule has 4 aromatic rings. The summed E-state index contributed by atoms with van der Waals surface area (Å²) in [7, 11) is 0. The summed E-state index contributed by atoms with van der Waals surface area (Å²) in [4.78, 5) is 19.4. The molecule has 7 heteroatoms. The molecule has 33 heavy (non-hydrogen) atoms. The third-order valence-corrected chi connectivity index (χ3v) is 5.79. The molecule has 0 fully saturated rings. The van der Waals surface area contributed by atoms with Gasteiger partial charge in [0.1, 0.15) is 22.9 Å². The number of nitrogens with zero attached hydrogens (tertiary/aromatic N) is 3. The van der Waals surface area contributed by atoms with Gasteiger partial charge in [0.15, 0.2) is 0 Å². The van der Waals surface area contributed by atoms with E-state index < -0.39 is 0 Å². The van der Waals surface area contributed by atoms with Gasteiger partial charge in [0, 0.05) is 30.1 Å². The lowest BCUT2D eigenvalue weighted by Gasteiger charge is -2.26. The van der Waals surface area contributed by atoms with Crippen molar-refractivity contribution >= 4 is 5.91 Å². The monoisotopic (exact) mass is 440 g/mol. The second-order valence-corrected chi connectivity index (χ2v) is 7.99. The molecule has 166 valence electrons. The molecule has 1 unspecified atom stereocenters. The van der Waals surface area contributed by atoms with E-state index in [1.54, 1.807) is 30.6 Å². The fourth-order valence-electron chi connectivity index (χ4n) is 4.24. The zero-order valence-corrected chi connectivity index (χ0v) is 18.2. The average Bonchev–Trinajstić information content (AvgIpc) is 3.38. The molecule has 3 heterocycles. The second-order valence-electron chi connectivity index (χ2n) is 7.99. The Bertz CT molecular complexity index is 1270. The van der Waals surface area contributed by atoms with Gasteiger partial charge in [-0.1, -0.05) is 31.2 Å². The van der Waals surface area contributed by atoms with Crippen LogP contribution >= 0.6 is 0 Å². The number of amides is 1. The van der Waals surface area contributed by atoms with E-state index in [1.165, 1.54) is 0 Å². The highest BCUT2D eigenvalue weighted by atomic mass is 16.5. The number of phenolic OH excluding ortho intramolecular Hbond substituents is 1. The first kappa shape index (κ1) is 20.8. The first-order valence-corrected chi connectivity index (χ1v) is 11.0. The number of aromatic hydroxyl groups is 1. The maximum Gasteiger partial charge on any atom is 0.273 e. The van der Waals surface area contributed by atoms with Crippen LogP contribution in [0.4, 0.5) is 0 Å². The van der Waals surface area contributed by atoms with E-state index in [9.17, 15) is 9.90 Å². The Morgan fingerprint density at radius 2 is 1.82 bits per heavy atom. The molecule has 1 amide bonds. The van der Waals surface area contributed by atoms with Gasteiger partial charge >= 0.3 is 0 Å². The Hall–Kier alpha value is -4.13. The van der Waals surface area contributed by atoms with Gasteiger partial charge in [0.2, 0.25) is 0 Å². The summed E-state index contributed by atoms with van der Waals surface area (Å²) in [5, 5.41) is 17.8. The molecule has 0 saturated carbocycles. The predicted molar refractivity (Wildman–Crippen MR) is 124 cm³/mol. The third-order valence-electron chi connectivity index (χ3n) is 5.79. The molecular formula is C26H24N4O3. The molecule has 0 saturated heterocycles. The van der Waals surface area contributed by atoms with E-state index in [2.05, 4.69) is 22.1 Å². The Labute approximate surface area is 191 Å². The minimum Gasteiger partial charge on any atom is -0.507 e. The van der Waals surface area contributed by atoms with E-state index in [-0.39, 0.29) is 17.7 Å². The van der Waals surface area contributed by atoms with Crippen molar-refractivity contribution in [1.82, 2.24) is 20.1 Å². The van der Waals surface area contributed by atoms with Crippen molar-refractivity contribution < 1.29 is 14.6 Å². The molecule has 2 N–H and O–H groups in total. The lowest BCUT2D eigenvalue weighted by molar-refractivity contribution is 0.0730. The third kappa shape index (κ3) is 3.82. The van der Waals surface area contributed by atoms with E-state index in [0.717, 1.165) is 28.9 Å². The lowest BCUT2D eigenvalue weighted by Crippen LogP contribution is -2.29. The zero-order chi connectivity index (χ0) is 22.8. The molecule has 2 aromatic heterocycles. The molecule has 0 bridgehead atoms. The molecule has 0 spiro atoms. The van der Waals surface area contributed by atoms with Crippen LogP contribution in [0.25, 0.3) is 11.3 Å². The highest BCUT2D eigenvalue weighted by molar-refractivity contribution is 6.00. The summed E-state index contributed by atoms with van der Waals surface area (Å²) < 4.78 is 5.74. The number of aromatic amines is 1. The summed E-state index contributed by atoms with van der Waals surface area (Å²) in [6.45, 7) is 3.14. The highest BCUT2D eigenvalue weighted by Crippen LogP contribution is 2.45. The number of para-hydroxylation sites is 1. The van der Waals surface area contributed by atoms with E-state index >= 15 is 0 Å². The van der Waals surface area contributed by atoms with Crippen LogP contribution in [-0.4, -0.2) is 37.7 Å². The minimum atomic E-state index is -0.366. The predicted octanol–water partition coefficient (Wildman–Crippen LogP) is 4.71. The molecule has 1 aliphatic heterocycles. The van der Waals surface area contributed by atoms with Gasteiger partial charge in [-0.15, -0.1) is 0 Å². The normalized spacial score (nSPS) is 15.0. The lowest BCUT2D eigenvalue weighted by atomic mass is 9.95. The van der Waals surface area contributed by atoms with Crippen LogP contribution < -0.4 is 4.74 Å². The van der Waals surface area contributed by atoms with E-state index in [0.29, 0.717) is 30.1 Å². The molecule has 1 aliphatic rings. The van der Waals surface area contributed by atoms with Gasteiger partial charge in [0.25, 0.3) is 5.91 Å². The molecule has 0 radical (unpaired) electrons. The van der Waals surface area contributed by atoms with Crippen molar-refractivity contribution in [3.8, 4) is 22.8 Å². The van der Waals surface area contributed by atoms with Gasteiger partial charge in [-0.05, 0) is 53.9 Å². The van der Waals surface area contributed by atoms with Crippen LogP contribution in [0.15, 0.2) is 73.1 Å². The standard InChI is InChI=1S/C26H24N4O3/c1-2-15-33-19-9-7-18(8-10-19)25-22-23(20-5-3-4-6-21(20)31)28-29-24(22)26(32)30(25)16-17-11-13-27-14-12-17/h3-14,25,31H,2,15-16H2,1H3,(H,28,29). The van der Waals surface area contributed by atoms with Gasteiger partial charge in [-0.2, -0.15) is 5.10 Å². The summed E-state index contributed by atoms with van der Waals surface area (Å²) in [6, 6.07) is 18.3. The highest BCUT2D eigenvalue weighted by Gasteiger charge is 2.42. The molecule has 1 atom stereocenters. The first-order chi connectivity index (χ1) is 16.2. The molecule has 7 nitrogen and oxygen atoms in total. The van der Waals surface area contributed by atoms with Crippen LogP contribution in [0.5, 0.6) is 11.5 Å². The number of benzene rings is 2. The van der Waals surface area contributed by atoms with Crippen LogP contribution in [0.3, 0.4) is 0 Å². The minimum absolute atomic E-state index is 0.119. The van der Waals surface area contributed by atoms with Crippen molar-refractivity contribution in [2.45, 2.75) is 25.9 Å². The summed E-state index contributed by atoms with van der Waals surface area (Å²) >= 11 is 0. The summed E-state index contributed by atoms with van der Waals surface area (Å²) in [5.41, 5.74) is 4.29. The number of carbonyl (C=O) groups excluding carboxylic acids is 1. The van der Waals surface area contributed by atoms with Crippen molar-refractivity contribution in [2.75, 3.05) is 6.61 Å².